The number of anilines is 1. The minimum atomic E-state index is 0.523. The Hall–Kier alpha value is -1.09. The predicted octanol–water partition coefficient (Wildman–Crippen LogP) is 3.60. The highest BCUT2D eigenvalue weighted by molar-refractivity contribution is 5.41. The number of nitrogens with zero attached hydrogens (tertiary/aromatic N) is 2. The van der Waals surface area contributed by atoms with Crippen molar-refractivity contribution >= 4 is 5.82 Å². The molecule has 1 N–H and O–H groups in total. The van der Waals surface area contributed by atoms with Crippen LogP contribution in [0.4, 0.5) is 5.82 Å². The van der Waals surface area contributed by atoms with Crippen LogP contribution in [-0.4, -0.2) is 24.1 Å². The van der Waals surface area contributed by atoms with Gasteiger partial charge in [0.1, 0.15) is 5.82 Å². The summed E-state index contributed by atoms with van der Waals surface area (Å²) in [6, 6.07) is 4.89. The van der Waals surface area contributed by atoms with Crippen molar-refractivity contribution in [2.75, 3.05) is 18.0 Å². The fourth-order valence-electron chi connectivity index (χ4n) is 2.87. The van der Waals surface area contributed by atoms with Crippen LogP contribution in [0, 0.1) is 5.92 Å². The standard InChI is InChI=1S/C17H29N3/c1-4-15-6-5-10-20(11-8-15)17-12-16(7-9-18-17)13-19-14(2)3/h7,9,12,14-15,19H,4-6,8,10-11,13H2,1-3H3. The summed E-state index contributed by atoms with van der Waals surface area (Å²) >= 11 is 0. The lowest BCUT2D eigenvalue weighted by Crippen LogP contribution is -2.26. The second-order valence-electron chi connectivity index (χ2n) is 6.25. The van der Waals surface area contributed by atoms with Crippen LogP contribution in [0.5, 0.6) is 0 Å². The minimum absolute atomic E-state index is 0.523. The summed E-state index contributed by atoms with van der Waals surface area (Å²) in [5.41, 5.74) is 1.33. The molecule has 2 rings (SSSR count). The van der Waals surface area contributed by atoms with Gasteiger partial charge in [-0.05, 0) is 42.9 Å². The summed E-state index contributed by atoms with van der Waals surface area (Å²) in [6.07, 6.45) is 7.26. The van der Waals surface area contributed by atoms with Gasteiger partial charge in [0.05, 0.1) is 0 Å². The molecule has 1 unspecified atom stereocenters. The molecule has 3 nitrogen and oxygen atoms in total. The molecule has 1 aliphatic rings. The van der Waals surface area contributed by atoms with Crippen LogP contribution in [0.2, 0.25) is 0 Å². The molecule has 1 aliphatic heterocycles. The average Bonchev–Trinajstić information content (AvgIpc) is 2.71. The number of rotatable bonds is 5. The topological polar surface area (TPSA) is 28.2 Å². The van der Waals surface area contributed by atoms with Gasteiger partial charge in [0.2, 0.25) is 0 Å². The zero-order valence-electron chi connectivity index (χ0n) is 13.2. The van der Waals surface area contributed by atoms with E-state index < -0.39 is 0 Å². The van der Waals surface area contributed by atoms with Crippen molar-refractivity contribution in [1.29, 1.82) is 0 Å². The van der Waals surface area contributed by atoms with E-state index in [1.54, 1.807) is 0 Å². The second kappa shape index (κ2) is 7.63. The van der Waals surface area contributed by atoms with E-state index in [2.05, 4.69) is 48.1 Å². The molecular formula is C17H29N3. The minimum Gasteiger partial charge on any atom is -0.357 e. The van der Waals surface area contributed by atoms with Gasteiger partial charge in [0.25, 0.3) is 0 Å². The number of aromatic nitrogens is 1. The Morgan fingerprint density at radius 2 is 2.20 bits per heavy atom. The van der Waals surface area contributed by atoms with Crippen LogP contribution in [0.3, 0.4) is 0 Å². The molecule has 0 amide bonds. The van der Waals surface area contributed by atoms with Crippen LogP contribution in [0.1, 0.15) is 52.0 Å². The van der Waals surface area contributed by atoms with Gasteiger partial charge in [-0.2, -0.15) is 0 Å². The van der Waals surface area contributed by atoms with E-state index in [-0.39, 0.29) is 0 Å². The van der Waals surface area contributed by atoms with Crippen molar-refractivity contribution in [2.45, 2.75) is 59.0 Å². The fraction of sp³-hybridized carbons (Fsp3) is 0.706. The van der Waals surface area contributed by atoms with Crippen LogP contribution >= 0.6 is 0 Å². The highest BCUT2D eigenvalue weighted by Crippen LogP contribution is 2.23. The first-order valence-electron chi connectivity index (χ1n) is 8.12. The van der Waals surface area contributed by atoms with E-state index in [0.717, 1.165) is 31.4 Å². The summed E-state index contributed by atoms with van der Waals surface area (Å²) < 4.78 is 0. The van der Waals surface area contributed by atoms with Crippen LogP contribution < -0.4 is 10.2 Å². The van der Waals surface area contributed by atoms with Gasteiger partial charge in [-0.15, -0.1) is 0 Å². The molecule has 20 heavy (non-hydrogen) atoms. The van der Waals surface area contributed by atoms with E-state index >= 15 is 0 Å². The molecule has 0 spiro atoms. The summed E-state index contributed by atoms with van der Waals surface area (Å²) in [6.45, 7) is 9.93. The molecule has 1 atom stereocenters. The van der Waals surface area contributed by atoms with Gasteiger partial charge in [0, 0.05) is 31.9 Å². The molecule has 0 radical (unpaired) electrons. The van der Waals surface area contributed by atoms with Gasteiger partial charge in [-0.3, -0.25) is 0 Å². The largest absolute Gasteiger partial charge is 0.357 e. The number of hydrogen-bond acceptors (Lipinski definition) is 3. The van der Waals surface area contributed by atoms with Crippen LogP contribution in [0.15, 0.2) is 18.3 Å². The summed E-state index contributed by atoms with van der Waals surface area (Å²) in [4.78, 5) is 7.05. The van der Waals surface area contributed by atoms with Crippen molar-refractivity contribution in [3.05, 3.63) is 23.9 Å². The number of pyridine rings is 1. The molecule has 3 heteroatoms. The molecule has 1 fully saturated rings. The third-order valence-corrected chi connectivity index (χ3v) is 4.27. The van der Waals surface area contributed by atoms with Crippen molar-refractivity contribution in [2.24, 2.45) is 5.92 Å². The highest BCUT2D eigenvalue weighted by atomic mass is 15.2. The second-order valence-corrected chi connectivity index (χ2v) is 6.25. The van der Waals surface area contributed by atoms with Gasteiger partial charge < -0.3 is 10.2 Å². The maximum atomic E-state index is 4.58. The van der Waals surface area contributed by atoms with Crippen LogP contribution in [-0.2, 0) is 6.54 Å². The van der Waals surface area contributed by atoms with Crippen molar-refractivity contribution in [1.82, 2.24) is 10.3 Å². The Kier molecular flexibility index (Phi) is 5.84. The van der Waals surface area contributed by atoms with E-state index in [0.29, 0.717) is 6.04 Å². The molecule has 0 saturated carbocycles. The lowest BCUT2D eigenvalue weighted by Gasteiger charge is -2.22. The third-order valence-electron chi connectivity index (χ3n) is 4.27. The van der Waals surface area contributed by atoms with E-state index in [4.69, 9.17) is 0 Å². The zero-order valence-corrected chi connectivity index (χ0v) is 13.2. The summed E-state index contributed by atoms with van der Waals surface area (Å²) in [5, 5.41) is 3.47. The van der Waals surface area contributed by atoms with E-state index in [1.807, 2.05) is 6.20 Å². The van der Waals surface area contributed by atoms with Crippen LogP contribution in [0.25, 0.3) is 0 Å². The SMILES string of the molecule is CCC1CCCN(c2cc(CNC(C)C)ccn2)CC1. The highest BCUT2D eigenvalue weighted by Gasteiger charge is 2.16. The third kappa shape index (κ3) is 4.48. The Morgan fingerprint density at radius 3 is 2.95 bits per heavy atom. The monoisotopic (exact) mass is 275 g/mol. The molecule has 1 saturated heterocycles. The van der Waals surface area contributed by atoms with Crippen molar-refractivity contribution in [3.8, 4) is 0 Å². The molecule has 0 aliphatic carbocycles. The van der Waals surface area contributed by atoms with Crippen molar-refractivity contribution < 1.29 is 0 Å². The van der Waals surface area contributed by atoms with E-state index in [9.17, 15) is 0 Å². The van der Waals surface area contributed by atoms with Gasteiger partial charge in [-0.1, -0.05) is 27.2 Å². The van der Waals surface area contributed by atoms with Crippen molar-refractivity contribution in [3.63, 3.8) is 0 Å². The lowest BCUT2D eigenvalue weighted by atomic mass is 9.98. The molecule has 2 heterocycles. The number of hydrogen-bond donors (Lipinski definition) is 1. The Labute approximate surface area is 123 Å². The van der Waals surface area contributed by atoms with E-state index in [1.165, 1.54) is 31.2 Å². The Balaban J connectivity index is 1.99. The summed E-state index contributed by atoms with van der Waals surface area (Å²) in [5.74, 6) is 2.07. The summed E-state index contributed by atoms with van der Waals surface area (Å²) in [7, 11) is 0. The average molecular weight is 275 g/mol. The Bertz CT molecular complexity index is 403. The molecule has 0 bridgehead atoms. The fourth-order valence-corrected chi connectivity index (χ4v) is 2.87. The zero-order chi connectivity index (χ0) is 14.4. The smallest absolute Gasteiger partial charge is 0.128 e. The van der Waals surface area contributed by atoms with Gasteiger partial charge in [-0.25, -0.2) is 4.98 Å². The van der Waals surface area contributed by atoms with Gasteiger partial charge >= 0.3 is 0 Å². The maximum Gasteiger partial charge on any atom is 0.128 e. The first-order chi connectivity index (χ1) is 9.69. The maximum absolute atomic E-state index is 4.58. The molecule has 1 aromatic rings. The number of nitrogens with one attached hydrogen (secondary N) is 1. The van der Waals surface area contributed by atoms with Gasteiger partial charge in [0.15, 0.2) is 0 Å². The molecule has 0 aromatic carbocycles. The Morgan fingerprint density at radius 1 is 1.35 bits per heavy atom. The lowest BCUT2D eigenvalue weighted by molar-refractivity contribution is 0.459. The first-order valence-corrected chi connectivity index (χ1v) is 8.12. The molecule has 112 valence electrons. The quantitative estimate of drug-likeness (QED) is 0.890. The molecule has 1 aromatic heterocycles. The molecular weight excluding hydrogens is 246 g/mol. The normalized spacial score (nSPS) is 20.2. The predicted molar refractivity (Wildman–Crippen MR) is 86.1 cm³/mol. The first kappa shape index (κ1) is 15.3.